The monoisotopic (exact) mass is 283 g/mol. The highest BCUT2D eigenvalue weighted by atomic mass is 79.9. The molecule has 0 amide bonds. The van der Waals surface area contributed by atoms with Crippen molar-refractivity contribution in [2.45, 2.75) is 6.92 Å². The summed E-state index contributed by atoms with van der Waals surface area (Å²) in [7, 11) is 1.72. The highest BCUT2D eigenvalue weighted by Gasteiger charge is 2.15. The van der Waals surface area contributed by atoms with Crippen LogP contribution in [0.3, 0.4) is 0 Å². The number of hydrogen-bond donors (Lipinski definition) is 1. The van der Waals surface area contributed by atoms with Gasteiger partial charge in [0.25, 0.3) is 0 Å². The fourth-order valence-electron chi connectivity index (χ4n) is 1.50. The second-order valence-corrected chi connectivity index (χ2v) is 4.42. The smallest absolute Gasteiger partial charge is 0.133 e. The van der Waals surface area contributed by atoms with Crippen LogP contribution in [0.4, 0.5) is 10.2 Å². The molecular formula is C11H11BrFN3. The summed E-state index contributed by atoms with van der Waals surface area (Å²) in [5.41, 5.74) is 7.62. The van der Waals surface area contributed by atoms with E-state index in [0.717, 1.165) is 5.56 Å². The number of halogens is 2. The lowest BCUT2D eigenvalue weighted by Crippen LogP contribution is -1.97. The molecule has 2 rings (SSSR count). The first-order chi connectivity index (χ1) is 7.50. The molecule has 0 radical (unpaired) electrons. The number of nitrogens with two attached hydrogens (primary N) is 1. The minimum atomic E-state index is -0.310. The minimum Gasteiger partial charge on any atom is -0.384 e. The summed E-state index contributed by atoms with van der Waals surface area (Å²) >= 11 is 3.37. The molecule has 0 bridgehead atoms. The van der Waals surface area contributed by atoms with Crippen molar-refractivity contribution in [1.82, 2.24) is 9.78 Å². The summed E-state index contributed by atoms with van der Waals surface area (Å²) in [4.78, 5) is 0. The number of aromatic nitrogens is 2. The summed E-state index contributed by atoms with van der Waals surface area (Å²) in [5, 5.41) is 4.16. The van der Waals surface area contributed by atoms with E-state index in [1.165, 1.54) is 10.7 Å². The Morgan fingerprint density at radius 1 is 1.44 bits per heavy atom. The largest absolute Gasteiger partial charge is 0.384 e. The number of anilines is 1. The molecule has 0 atom stereocenters. The van der Waals surface area contributed by atoms with Crippen molar-refractivity contribution in [3.05, 3.63) is 34.1 Å². The van der Waals surface area contributed by atoms with Gasteiger partial charge in [0.2, 0.25) is 0 Å². The van der Waals surface area contributed by atoms with E-state index >= 15 is 0 Å². The van der Waals surface area contributed by atoms with Crippen molar-refractivity contribution in [1.29, 1.82) is 0 Å². The maximum atomic E-state index is 13.7. The van der Waals surface area contributed by atoms with E-state index in [9.17, 15) is 4.39 Å². The molecule has 84 valence electrons. The quantitative estimate of drug-likeness (QED) is 0.875. The van der Waals surface area contributed by atoms with Gasteiger partial charge in [-0.15, -0.1) is 0 Å². The van der Waals surface area contributed by atoms with E-state index in [4.69, 9.17) is 5.73 Å². The van der Waals surface area contributed by atoms with E-state index in [-0.39, 0.29) is 5.82 Å². The van der Waals surface area contributed by atoms with Crippen LogP contribution in [0.15, 0.2) is 22.7 Å². The van der Waals surface area contributed by atoms with E-state index in [2.05, 4.69) is 21.0 Å². The molecule has 16 heavy (non-hydrogen) atoms. The van der Waals surface area contributed by atoms with E-state index in [1.807, 2.05) is 6.92 Å². The standard InChI is InChI=1S/C11H11BrFN3/c1-6-3-4-7(13)10(11(6)12)8-5-9(14)16(2)15-8/h3-5H,14H2,1-2H3. The third-order valence-corrected chi connectivity index (χ3v) is 3.48. The van der Waals surface area contributed by atoms with Gasteiger partial charge in [-0.3, -0.25) is 4.68 Å². The first kappa shape index (κ1) is 11.1. The molecule has 2 N–H and O–H groups in total. The predicted octanol–water partition coefficient (Wildman–Crippen LogP) is 2.88. The fourth-order valence-corrected chi connectivity index (χ4v) is 2.02. The summed E-state index contributed by atoms with van der Waals surface area (Å²) in [6.45, 7) is 1.90. The summed E-state index contributed by atoms with van der Waals surface area (Å²) < 4.78 is 16.0. The van der Waals surface area contributed by atoms with Crippen LogP contribution in [0, 0.1) is 12.7 Å². The van der Waals surface area contributed by atoms with Crippen molar-refractivity contribution in [2.24, 2.45) is 7.05 Å². The third-order valence-electron chi connectivity index (χ3n) is 2.46. The zero-order valence-corrected chi connectivity index (χ0v) is 10.5. The molecule has 1 aromatic carbocycles. The van der Waals surface area contributed by atoms with Gasteiger partial charge in [-0.25, -0.2) is 4.39 Å². The molecule has 2 aromatic rings. The van der Waals surface area contributed by atoms with Gasteiger partial charge in [0.05, 0.1) is 11.3 Å². The van der Waals surface area contributed by atoms with E-state index in [1.54, 1.807) is 19.2 Å². The van der Waals surface area contributed by atoms with Gasteiger partial charge in [0.1, 0.15) is 11.6 Å². The van der Waals surface area contributed by atoms with Gasteiger partial charge in [-0.05, 0) is 34.5 Å². The average molecular weight is 284 g/mol. The van der Waals surface area contributed by atoms with Gasteiger partial charge in [-0.1, -0.05) is 6.07 Å². The van der Waals surface area contributed by atoms with Gasteiger partial charge in [0.15, 0.2) is 0 Å². The molecule has 3 nitrogen and oxygen atoms in total. The molecular weight excluding hydrogens is 273 g/mol. The maximum absolute atomic E-state index is 13.7. The SMILES string of the molecule is Cc1ccc(F)c(-c2cc(N)n(C)n2)c1Br. The Morgan fingerprint density at radius 2 is 2.12 bits per heavy atom. The lowest BCUT2D eigenvalue weighted by atomic mass is 10.1. The Kier molecular flexibility index (Phi) is 2.71. The average Bonchev–Trinajstić information content (AvgIpc) is 2.54. The topological polar surface area (TPSA) is 43.8 Å². The highest BCUT2D eigenvalue weighted by Crippen LogP contribution is 2.33. The van der Waals surface area contributed by atoms with Crippen molar-refractivity contribution in [3.63, 3.8) is 0 Å². The van der Waals surface area contributed by atoms with Crippen LogP contribution < -0.4 is 5.73 Å². The Balaban J connectivity index is 2.68. The normalized spacial score (nSPS) is 10.8. The number of nitrogens with zero attached hydrogens (tertiary/aromatic N) is 2. The van der Waals surface area contributed by atoms with Crippen LogP contribution in [-0.4, -0.2) is 9.78 Å². The molecule has 5 heteroatoms. The molecule has 0 fully saturated rings. The molecule has 0 aliphatic heterocycles. The molecule has 1 heterocycles. The summed E-state index contributed by atoms with van der Waals surface area (Å²) in [5.74, 6) is 0.193. The highest BCUT2D eigenvalue weighted by molar-refractivity contribution is 9.10. The third kappa shape index (κ3) is 1.71. The number of aryl methyl sites for hydroxylation is 2. The maximum Gasteiger partial charge on any atom is 0.133 e. The Bertz CT molecular complexity index is 529. The van der Waals surface area contributed by atoms with Crippen LogP contribution >= 0.6 is 15.9 Å². The zero-order valence-electron chi connectivity index (χ0n) is 8.96. The number of nitrogen functional groups attached to an aromatic ring is 1. The van der Waals surface area contributed by atoms with Crippen molar-refractivity contribution < 1.29 is 4.39 Å². The number of rotatable bonds is 1. The first-order valence-electron chi connectivity index (χ1n) is 4.75. The van der Waals surface area contributed by atoms with E-state index < -0.39 is 0 Å². The van der Waals surface area contributed by atoms with Crippen LogP contribution in [0.5, 0.6) is 0 Å². The second kappa shape index (κ2) is 3.90. The van der Waals surface area contributed by atoms with E-state index in [0.29, 0.717) is 21.5 Å². The summed E-state index contributed by atoms with van der Waals surface area (Å²) in [6.07, 6.45) is 0. The molecule has 0 unspecified atom stereocenters. The molecule has 0 saturated carbocycles. The second-order valence-electron chi connectivity index (χ2n) is 3.63. The van der Waals surface area contributed by atoms with Gasteiger partial charge >= 0.3 is 0 Å². The van der Waals surface area contributed by atoms with Crippen LogP contribution in [0.2, 0.25) is 0 Å². The number of hydrogen-bond acceptors (Lipinski definition) is 2. The van der Waals surface area contributed by atoms with Crippen molar-refractivity contribution in [2.75, 3.05) is 5.73 Å². The Labute approximate surface area is 101 Å². The van der Waals surface area contributed by atoms with Crippen LogP contribution in [0.1, 0.15) is 5.56 Å². The minimum absolute atomic E-state index is 0.310. The zero-order chi connectivity index (χ0) is 11.9. The first-order valence-corrected chi connectivity index (χ1v) is 5.54. The van der Waals surface area contributed by atoms with Crippen LogP contribution in [-0.2, 0) is 7.05 Å². The van der Waals surface area contributed by atoms with Crippen molar-refractivity contribution >= 4 is 21.7 Å². The summed E-state index contributed by atoms with van der Waals surface area (Å²) in [6, 6.07) is 4.80. The predicted molar refractivity (Wildman–Crippen MR) is 65.5 cm³/mol. The lowest BCUT2D eigenvalue weighted by Gasteiger charge is -2.05. The molecule has 0 aliphatic carbocycles. The molecule has 0 spiro atoms. The fraction of sp³-hybridized carbons (Fsp3) is 0.182. The molecule has 0 aliphatic rings. The number of benzene rings is 1. The van der Waals surface area contributed by atoms with Gasteiger partial charge < -0.3 is 5.73 Å². The van der Waals surface area contributed by atoms with Crippen LogP contribution in [0.25, 0.3) is 11.3 Å². The van der Waals surface area contributed by atoms with Gasteiger partial charge in [0, 0.05) is 17.6 Å². The molecule has 0 saturated heterocycles. The Hall–Kier alpha value is -1.36. The lowest BCUT2D eigenvalue weighted by molar-refractivity contribution is 0.628. The Morgan fingerprint density at radius 3 is 2.69 bits per heavy atom. The van der Waals surface area contributed by atoms with Gasteiger partial charge in [-0.2, -0.15) is 5.10 Å². The van der Waals surface area contributed by atoms with Crippen molar-refractivity contribution in [3.8, 4) is 11.3 Å². The molecule has 1 aromatic heterocycles.